The van der Waals surface area contributed by atoms with Gasteiger partial charge in [0.15, 0.2) is 5.82 Å². The second-order valence-electron chi connectivity index (χ2n) is 7.76. The number of carbonyl (C=O) groups excluding carboxylic acids is 1. The molecular formula is C22H23N9O. The molecule has 32 heavy (non-hydrogen) atoms. The van der Waals surface area contributed by atoms with E-state index in [1.807, 2.05) is 55.3 Å². The summed E-state index contributed by atoms with van der Waals surface area (Å²) >= 11 is 0. The molecule has 0 bridgehead atoms. The number of hydrogen-bond acceptors (Lipinski definition) is 7. The first-order valence-corrected chi connectivity index (χ1v) is 10.4. The van der Waals surface area contributed by atoms with Gasteiger partial charge in [0.05, 0.1) is 5.69 Å². The number of amides is 1. The summed E-state index contributed by atoms with van der Waals surface area (Å²) in [5.74, 6) is 1.45. The topological polar surface area (TPSA) is 97.9 Å². The van der Waals surface area contributed by atoms with Gasteiger partial charge >= 0.3 is 0 Å². The average Bonchev–Trinajstić information content (AvgIpc) is 3.50. The van der Waals surface area contributed by atoms with E-state index in [-0.39, 0.29) is 5.91 Å². The molecule has 0 unspecified atom stereocenters. The summed E-state index contributed by atoms with van der Waals surface area (Å²) in [6, 6.07) is 11.9. The second-order valence-corrected chi connectivity index (χ2v) is 7.76. The molecule has 10 heteroatoms. The van der Waals surface area contributed by atoms with Crippen molar-refractivity contribution in [2.24, 2.45) is 7.05 Å². The van der Waals surface area contributed by atoms with Gasteiger partial charge in [0.1, 0.15) is 30.5 Å². The van der Waals surface area contributed by atoms with Gasteiger partial charge in [-0.05, 0) is 13.0 Å². The van der Waals surface area contributed by atoms with Gasteiger partial charge in [0.2, 0.25) is 0 Å². The van der Waals surface area contributed by atoms with Crippen molar-refractivity contribution in [1.29, 1.82) is 0 Å². The molecule has 1 saturated heterocycles. The third kappa shape index (κ3) is 3.82. The molecule has 0 aliphatic carbocycles. The van der Waals surface area contributed by atoms with Gasteiger partial charge in [-0.15, -0.1) is 0 Å². The molecule has 1 aliphatic rings. The Morgan fingerprint density at radius 2 is 1.69 bits per heavy atom. The SMILES string of the molecule is Cc1ccc(-c2cc(C(=O)N3CCN(c4cc(-n5cncn5)ncn4)CC3)n(C)n2)cc1. The van der Waals surface area contributed by atoms with Crippen LogP contribution in [0.4, 0.5) is 5.82 Å². The maximum absolute atomic E-state index is 13.2. The molecule has 1 amide bonds. The zero-order chi connectivity index (χ0) is 22.1. The van der Waals surface area contributed by atoms with Gasteiger partial charge in [0.25, 0.3) is 5.91 Å². The Labute approximate surface area is 185 Å². The highest BCUT2D eigenvalue weighted by molar-refractivity contribution is 5.94. The number of aryl methyl sites for hydroxylation is 2. The second kappa shape index (κ2) is 8.22. The normalized spacial score (nSPS) is 14.1. The highest BCUT2D eigenvalue weighted by Crippen LogP contribution is 2.21. The molecule has 5 rings (SSSR count). The number of benzene rings is 1. The fourth-order valence-electron chi connectivity index (χ4n) is 3.80. The smallest absolute Gasteiger partial charge is 0.272 e. The number of carbonyl (C=O) groups is 1. The van der Waals surface area contributed by atoms with Gasteiger partial charge < -0.3 is 9.80 Å². The van der Waals surface area contributed by atoms with E-state index in [0.29, 0.717) is 37.7 Å². The summed E-state index contributed by atoms with van der Waals surface area (Å²) in [5.41, 5.74) is 3.58. The van der Waals surface area contributed by atoms with Crippen molar-refractivity contribution >= 4 is 11.7 Å². The maximum atomic E-state index is 13.2. The molecule has 10 nitrogen and oxygen atoms in total. The van der Waals surface area contributed by atoms with Gasteiger partial charge in [-0.2, -0.15) is 10.2 Å². The van der Waals surface area contributed by atoms with Crippen LogP contribution < -0.4 is 4.90 Å². The molecule has 162 valence electrons. The monoisotopic (exact) mass is 429 g/mol. The fourth-order valence-corrected chi connectivity index (χ4v) is 3.80. The third-order valence-electron chi connectivity index (χ3n) is 5.63. The van der Waals surface area contributed by atoms with Crippen LogP contribution in [0.2, 0.25) is 0 Å². The largest absolute Gasteiger partial charge is 0.353 e. The molecule has 0 N–H and O–H groups in total. The van der Waals surface area contributed by atoms with Crippen molar-refractivity contribution < 1.29 is 4.79 Å². The first-order valence-electron chi connectivity index (χ1n) is 10.4. The first-order chi connectivity index (χ1) is 15.6. The van der Waals surface area contributed by atoms with Crippen molar-refractivity contribution in [1.82, 2.24) is 39.4 Å². The van der Waals surface area contributed by atoms with E-state index < -0.39 is 0 Å². The van der Waals surface area contributed by atoms with Gasteiger partial charge in [0, 0.05) is 44.9 Å². The molecule has 1 fully saturated rings. The van der Waals surface area contributed by atoms with E-state index in [4.69, 9.17) is 0 Å². The first kappa shape index (κ1) is 19.9. The molecule has 0 saturated carbocycles. The molecule has 0 spiro atoms. The van der Waals surface area contributed by atoms with Crippen LogP contribution in [0.25, 0.3) is 17.1 Å². The highest BCUT2D eigenvalue weighted by Gasteiger charge is 2.25. The van der Waals surface area contributed by atoms with E-state index >= 15 is 0 Å². The van der Waals surface area contributed by atoms with E-state index in [1.165, 1.54) is 18.2 Å². The van der Waals surface area contributed by atoms with Crippen LogP contribution in [0.1, 0.15) is 16.1 Å². The number of rotatable bonds is 4. The van der Waals surface area contributed by atoms with Crippen molar-refractivity contribution in [3.63, 3.8) is 0 Å². The zero-order valence-corrected chi connectivity index (χ0v) is 18.0. The minimum Gasteiger partial charge on any atom is -0.353 e. The summed E-state index contributed by atoms with van der Waals surface area (Å²) in [4.78, 5) is 29.8. The molecule has 4 heterocycles. The minimum absolute atomic E-state index is 0.0102. The van der Waals surface area contributed by atoms with Crippen molar-refractivity contribution in [2.45, 2.75) is 6.92 Å². The molecule has 1 aromatic carbocycles. The van der Waals surface area contributed by atoms with Gasteiger partial charge in [-0.3, -0.25) is 9.48 Å². The Morgan fingerprint density at radius 3 is 2.41 bits per heavy atom. The number of anilines is 1. The Hall–Kier alpha value is -4.08. The molecule has 0 radical (unpaired) electrons. The predicted molar refractivity (Wildman–Crippen MR) is 118 cm³/mol. The Bertz CT molecular complexity index is 1220. The lowest BCUT2D eigenvalue weighted by Gasteiger charge is -2.35. The summed E-state index contributed by atoms with van der Waals surface area (Å²) < 4.78 is 3.26. The van der Waals surface area contributed by atoms with E-state index in [2.05, 4.69) is 30.0 Å². The summed E-state index contributed by atoms with van der Waals surface area (Å²) in [7, 11) is 1.81. The van der Waals surface area contributed by atoms with Crippen LogP contribution in [0.3, 0.4) is 0 Å². The van der Waals surface area contributed by atoms with Crippen LogP contribution >= 0.6 is 0 Å². The predicted octanol–water partition coefficient (Wildman–Crippen LogP) is 1.73. The van der Waals surface area contributed by atoms with Crippen molar-refractivity contribution in [3.05, 3.63) is 66.6 Å². The molecule has 0 atom stereocenters. The number of hydrogen-bond donors (Lipinski definition) is 0. The van der Waals surface area contributed by atoms with Crippen LogP contribution in [0.5, 0.6) is 0 Å². The zero-order valence-electron chi connectivity index (χ0n) is 18.0. The molecule has 3 aromatic heterocycles. The van der Waals surface area contributed by atoms with Crippen LogP contribution in [0, 0.1) is 6.92 Å². The standard InChI is InChI=1S/C22H23N9O/c1-16-3-5-17(6-4-16)18-11-19(28(2)27-18)22(32)30-9-7-29(8-10-30)20-12-21(25-14-24-20)31-15-23-13-26-31/h3-6,11-15H,7-10H2,1-2H3. The quantitative estimate of drug-likeness (QED) is 0.487. The third-order valence-corrected chi connectivity index (χ3v) is 5.63. The summed E-state index contributed by atoms with van der Waals surface area (Å²) in [6.07, 6.45) is 4.59. The van der Waals surface area contributed by atoms with Crippen LogP contribution in [-0.2, 0) is 7.05 Å². The lowest BCUT2D eigenvalue weighted by molar-refractivity contribution is 0.0735. The average molecular weight is 429 g/mol. The molecular weight excluding hydrogens is 406 g/mol. The highest BCUT2D eigenvalue weighted by atomic mass is 16.2. The van der Waals surface area contributed by atoms with E-state index in [1.54, 1.807) is 15.7 Å². The lowest BCUT2D eigenvalue weighted by Crippen LogP contribution is -2.49. The summed E-state index contributed by atoms with van der Waals surface area (Å²) in [5, 5.41) is 8.67. The van der Waals surface area contributed by atoms with Crippen LogP contribution in [0.15, 0.2) is 55.4 Å². The lowest BCUT2D eigenvalue weighted by atomic mass is 10.1. The maximum Gasteiger partial charge on any atom is 0.272 e. The summed E-state index contributed by atoms with van der Waals surface area (Å²) in [6.45, 7) is 4.62. The number of nitrogens with zero attached hydrogens (tertiary/aromatic N) is 9. The number of aromatic nitrogens is 7. The van der Waals surface area contributed by atoms with E-state index in [9.17, 15) is 4.79 Å². The Kier molecular flexibility index (Phi) is 5.10. The van der Waals surface area contributed by atoms with Gasteiger partial charge in [-0.25, -0.2) is 19.6 Å². The van der Waals surface area contributed by atoms with Crippen LogP contribution in [-0.4, -0.2) is 71.5 Å². The Morgan fingerprint density at radius 1 is 0.938 bits per heavy atom. The minimum atomic E-state index is -0.0102. The molecule has 1 aliphatic heterocycles. The fraction of sp³-hybridized carbons (Fsp3) is 0.273. The Balaban J connectivity index is 1.27. The molecule has 4 aromatic rings. The van der Waals surface area contributed by atoms with Gasteiger partial charge in [-0.1, -0.05) is 29.8 Å². The van der Waals surface area contributed by atoms with Crippen molar-refractivity contribution in [3.8, 4) is 17.1 Å². The van der Waals surface area contributed by atoms with Crippen molar-refractivity contribution in [2.75, 3.05) is 31.1 Å². The number of piperazine rings is 1. The van der Waals surface area contributed by atoms with E-state index in [0.717, 1.165) is 17.1 Å².